The van der Waals surface area contributed by atoms with Crippen LogP contribution < -0.4 is 15.5 Å². The van der Waals surface area contributed by atoms with Crippen molar-refractivity contribution in [1.29, 1.82) is 0 Å². The maximum atomic E-state index is 11.9. The van der Waals surface area contributed by atoms with Crippen molar-refractivity contribution in [2.24, 2.45) is 0 Å². The number of hydrogen-bond acceptors (Lipinski definition) is 3. The molecule has 0 atom stereocenters. The Bertz CT molecular complexity index is 624. The normalized spacial score (nSPS) is 15.8. The second kappa shape index (κ2) is 4.63. The molecular formula is C14H15N3O3. The molecule has 2 aliphatic rings. The molecule has 0 unspecified atom stereocenters. The monoisotopic (exact) mass is 273 g/mol. The lowest BCUT2D eigenvalue weighted by molar-refractivity contribution is -0.135. The number of nitrogens with zero attached hydrogens (tertiary/aromatic N) is 1. The highest BCUT2D eigenvalue weighted by atomic mass is 16.2. The van der Waals surface area contributed by atoms with Crippen LogP contribution in [-0.2, 0) is 27.2 Å². The quantitative estimate of drug-likeness (QED) is 0.718. The van der Waals surface area contributed by atoms with Crippen LogP contribution in [0.25, 0.3) is 0 Å². The number of amides is 3. The molecule has 3 rings (SSSR count). The van der Waals surface area contributed by atoms with Crippen molar-refractivity contribution in [2.75, 3.05) is 23.8 Å². The minimum atomic E-state index is -0.698. The van der Waals surface area contributed by atoms with Crippen LogP contribution >= 0.6 is 0 Å². The molecule has 2 heterocycles. The Morgan fingerprint density at radius 2 is 1.95 bits per heavy atom. The Morgan fingerprint density at radius 3 is 2.70 bits per heavy atom. The van der Waals surface area contributed by atoms with Crippen LogP contribution in [0.5, 0.6) is 0 Å². The molecule has 1 aromatic carbocycles. The van der Waals surface area contributed by atoms with Gasteiger partial charge in [-0.15, -0.1) is 0 Å². The van der Waals surface area contributed by atoms with E-state index in [1.165, 1.54) is 7.05 Å². The lowest BCUT2D eigenvalue weighted by atomic mass is 9.99. The van der Waals surface area contributed by atoms with Gasteiger partial charge in [0.1, 0.15) is 0 Å². The Hall–Kier alpha value is -2.37. The maximum Gasteiger partial charge on any atom is 0.313 e. The summed E-state index contributed by atoms with van der Waals surface area (Å²) in [6.07, 6.45) is 2.17. The van der Waals surface area contributed by atoms with Gasteiger partial charge >= 0.3 is 11.8 Å². The van der Waals surface area contributed by atoms with Gasteiger partial charge in [-0.25, -0.2) is 0 Å². The van der Waals surface area contributed by atoms with E-state index in [1.807, 2.05) is 11.0 Å². The molecule has 1 aromatic rings. The summed E-state index contributed by atoms with van der Waals surface area (Å²) in [5.74, 6) is -1.27. The fourth-order valence-corrected chi connectivity index (χ4v) is 2.85. The Morgan fingerprint density at radius 1 is 1.20 bits per heavy atom. The summed E-state index contributed by atoms with van der Waals surface area (Å²) in [7, 11) is 1.41. The van der Waals surface area contributed by atoms with E-state index in [-0.39, 0.29) is 5.91 Å². The molecule has 0 aromatic heterocycles. The molecule has 0 aliphatic carbocycles. The van der Waals surface area contributed by atoms with Crippen LogP contribution in [0.15, 0.2) is 12.1 Å². The highest BCUT2D eigenvalue weighted by Gasteiger charge is 2.32. The van der Waals surface area contributed by atoms with E-state index in [4.69, 9.17) is 0 Å². The molecule has 104 valence electrons. The van der Waals surface area contributed by atoms with E-state index in [2.05, 4.69) is 10.6 Å². The molecule has 6 nitrogen and oxygen atoms in total. The molecule has 0 saturated heterocycles. The minimum absolute atomic E-state index is 0.107. The Labute approximate surface area is 116 Å². The first-order chi connectivity index (χ1) is 9.60. The highest BCUT2D eigenvalue weighted by molar-refractivity contribution is 6.39. The third-order valence-electron chi connectivity index (χ3n) is 3.70. The fraction of sp³-hybridized carbons (Fsp3) is 0.357. The molecule has 20 heavy (non-hydrogen) atoms. The van der Waals surface area contributed by atoms with E-state index in [0.29, 0.717) is 12.1 Å². The van der Waals surface area contributed by atoms with Gasteiger partial charge in [-0.2, -0.15) is 0 Å². The smallest absolute Gasteiger partial charge is 0.313 e. The van der Waals surface area contributed by atoms with Crippen LogP contribution in [0.1, 0.15) is 17.5 Å². The van der Waals surface area contributed by atoms with Gasteiger partial charge in [0, 0.05) is 19.3 Å². The van der Waals surface area contributed by atoms with Crippen LogP contribution in [0.4, 0.5) is 11.4 Å². The summed E-state index contributed by atoms with van der Waals surface area (Å²) in [4.78, 5) is 36.5. The standard InChI is InChI=1S/C14H15N3O3/c1-15-13(19)14(20)16-10-5-8-3-2-4-17-11(18)7-9(6-10)12(8)17/h5-6H,2-4,7H2,1H3,(H,15,19)(H,16,20). The lowest BCUT2D eigenvalue weighted by Crippen LogP contribution is -2.33. The van der Waals surface area contributed by atoms with Gasteiger partial charge in [0.05, 0.1) is 12.1 Å². The van der Waals surface area contributed by atoms with Crippen LogP contribution in [0.2, 0.25) is 0 Å². The molecule has 6 heteroatoms. The number of likely N-dealkylation sites (N-methyl/N-ethyl adjacent to an activating group) is 1. The number of rotatable bonds is 1. The van der Waals surface area contributed by atoms with E-state index in [1.54, 1.807) is 6.07 Å². The number of carbonyl (C=O) groups is 3. The average Bonchev–Trinajstić information content (AvgIpc) is 2.76. The number of hydrogen-bond donors (Lipinski definition) is 2. The van der Waals surface area contributed by atoms with Crippen molar-refractivity contribution in [3.63, 3.8) is 0 Å². The van der Waals surface area contributed by atoms with E-state index >= 15 is 0 Å². The number of aryl methyl sites for hydroxylation is 1. The van der Waals surface area contributed by atoms with Crippen LogP contribution in [0, 0.1) is 0 Å². The van der Waals surface area contributed by atoms with Gasteiger partial charge in [-0.1, -0.05) is 0 Å². The molecule has 0 fully saturated rings. The topological polar surface area (TPSA) is 78.5 Å². The minimum Gasteiger partial charge on any atom is -0.351 e. The zero-order valence-electron chi connectivity index (χ0n) is 11.2. The Kier molecular flexibility index (Phi) is 2.93. The molecule has 0 bridgehead atoms. The van der Waals surface area contributed by atoms with Crippen molar-refractivity contribution in [2.45, 2.75) is 19.3 Å². The molecule has 0 radical (unpaired) electrons. The van der Waals surface area contributed by atoms with Gasteiger partial charge in [0.2, 0.25) is 5.91 Å². The first kappa shape index (κ1) is 12.7. The first-order valence-electron chi connectivity index (χ1n) is 6.59. The summed E-state index contributed by atoms with van der Waals surface area (Å²) in [5.41, 5.74) is 3.56. The predicted octanol–water partition coefficient (Wildman–Crippen LogP) is 0.206. The highest BCUT2D eigenvalue weighted by Crippen LogP contribution is 2.38. The summed E-state index contributed by atoms with van der Waals surface area (Å²) >= 11 is 0. The maximum absolute atomic E-state index is 11.9. The second-order valence-corrected chi connectivity index (χ2v) is 5.00. The van der Waals surface area contributed by atoms with E-state index < -0.39 is 11.8 Å². The van der Waals surface area contributed by atoms with Crippen LogP contribution in [0.3, 0.4) is 0 Å². The predicted molar refractivity (Wildman–Crippen MR) is 73.5 cm³/mol. The number of benzene rings is 1. The van der Waals surface area contributed by atoms with Crippen molar-refractivity contribution in [1.82, 2.24) is 5.32 Å². The van der Waals surface area contributed by atoms with Crippen molar-refractivity contribution >= 4 is 29.1 Å². The van der Waals surface area contributed by atoms with Crippen molar-refractivity contribution in [3.8, 4) is 0 Å². The lowest BCUT2D eigenvalue weighted by Gasteiger charge is -2.26. The van der Waals surface area contributed by atoms with E-state index in [0.717, 1.165) is 36.2 Å². The number of carbonyl (C=O) groups excluding carboxylic acids is 3. The van der Waals surface area contributed by atoms with Crippen LogP contribution in [-0.4, -0.2) is 31.3 Å². The van der Waals surface area contributed by atoms with Crippen molar-refractivity contribution < 1.29 is 14.4 Å². The molecule has 0 saturated carbocycles. The van der Waals surface area contributed by atoms with Gasteiger partial charge < -0.3 is 15.5 Å². The first-order valence-corrected chi connectivity index (χ1v) is 6.59. The van der Waals surface area contributed by atoms with Crippen molar-refractivity contribution in [3.05, 3.63) is 23.3 Å². The molecule has 2 aliphatic heterocycles. The zero-order valence-corrected chi connectivity index (χ0v) is 11.2. The summed E-state index contributed by atoms with van der Waals surface area (Å²) < 4.78 is 0. The fourth-order valence-electron chi connectivity index (χ4n) is 2.85. The third-order valence-corrected chi connectivity index (χ3v) is 3.70. The zero-order chi connectivity index (χ0) is 14.3. The molecule has 0 spiro atoms. The second-order valence-electron chi connectivity index (χ2n) is 5.00. The summed E-state index contributed by atoms with van der Waals surface area (Å²) in [6.45, 7) is 0.767. The summed E-state index contributed by atoms with van der Waals surface area (Å²) in [6, 6.07) is 3.63. The summed E-state index contributed by atoms with van der Waals surface area (Å²) in [5, 5.41) is 4.85. The molecule has 3 amide bonds. The Balaban J connectivity index is 1.93. The largest absolute Gasteiger partial charge is 0.351 e. The average molecular weight is 273 g/mol. The van der Waals surface area contributed by atoms with Gasteiger partial charge in [0.25, 0.3) is 0 Å². The SMILES string of the molecule is CNC(=O)C(=O)Nc1cc2c3c(c1)CC(=O)N3CCC2. The van der Waals surface area contributed by atoms with Gasteiger partial charge in [-0.05, 0) is 36.1 Å². The number of nitrogens with one attached hydrogen (secondary N) is 2. The van der Waals surface area contributed by atoms with Gasteiger partial charge in [0.15, 0.2) is 0 Å². The van der Waals surface area contributed by atoms with E-state index in [9.17, 15) is 14.4 Å². The third kappa shape index (κ3) is 1.93. The molecule has 2 N–H and O–H groups in total. The van der Waals surface area contributed by atoms with Gasteiger partial charge in [-0.3, -0.25) is 14.4 Å². The number of anilines is 2. The molecular weight excluding hydrogens is 258 g/mol.